The quantitative estimate of drug-likeness (QED) is 0.799. The van der Waals surface area contributed by atoms with Crippen LogP contribution in [0.25, 0.3) is 5.69 Å². The molecule has 0 amide bonds. The van der Waals surface area contributed by atoms with Gasteiger partial charge in [-0.25, -0.2) is 4.79 Å². The molecule has 0 aliphatic carbocycles. The molecule has 0 radical (unpaired) electrons. The van der Waals surface area contributed by atoms with Crippen molar-refractivity contribution in [3.63, 3.8) is 0 Å². The van der Waals surface area contributed by atoms with Gasteiger partial charge in [-0.3, -0.25) is 9.36 Å². The first-order valence-corrected chi connectivity index (χ1v) is 6.41. The summed E-state index contributed by atoms with van der Waals surface area (Å²) >= 11 is 3.36. The van der Waals surface area contributed by atoms with Gasteiger partial charge >= 0.3 is 5.97 Å². The lowest BCUT2D eigenvalue weighted by atomic mass is 10.1. The lowest BCUT2D eigenvalue weighted by Gasteiger charge is -2.11. The molecule has 0 aliphatic rings. The zero-order valence-electron chi connectivity index (χ0n) is 10.5. The van der Waals surface area contributed by atoms with Crippen LogP contribution in [0.1, 0.15) is 15.9 Å². The number of rotatable bonds is 2. The van der Waals surface area contributed by atoms with Gasteiger partial charge < -0.3 is 4.74 Å². The van der Waals surface area contributed by atoms with Gasteiger partial charge in [-0.15, -0.1) is 0 Å². The number of carbonyl (C=O) groups excluding carboxylic acids is 1. The third kappa shape index (κ3) is 2.46. The molecular weight excluding hydrogens is 310 g/mol. The molecular formula is C14H12BrNO3. The summed E-state index contributed by atoms with van der Waals surface area (Å²) in [6.45, 7) is 1.70. The van der Waals surface area contributed by atoms with E-state index in [2.05, 4.69) is 20.7 Å². The number of carbonyl (C=O) groups is 1. The van der Waals surface area contributed by atoms with Crippen molar-refractivity contribution in [2.45, 2.75) is 6.92 Å². The predicted octanol–water partition coefficient (Wildman–Crippen LogP) is 2.70. The van der Waals surface area contributed by atoms with Crippen molar-refractivity contribution in [2.24, 2.45) is 0 Å². The molecule has 0 aliphatic heterocycles. The minimum atomic E-state index is -0.631. The van der Waals surface area contributed by atoms with Gasteiger partial charge in [-0.2, -0.15) is 0 Å². The molecule has 5 heteroatoms. The van der Waals surface area contributed by atoms with Crippen molar-refractivity contribution in [1.82, 2.24) is 4.57 Å². The SMILES string of the molecule is COC(=O)c1c(C)c(Br)cn(-c2ccccc2)c1=O. The number of aromatic nitrogens is 1. The van der Waals surface area contributed by atoms with Crippen LogP contribution in [0.2, 0.25) is 0 Å². The van der Waals surface area contributed by atoms with Crippen LogP contribution in [0.4, 0.5) is 0 Å². The fourth-order valence-electron chi connectivity index (χ4n) is 1.79. The van der Waals surface area contributed by atoms with Crippen molar-refractivity contribution in [3.05, 3.63) is 62.5 Å². The average molecular weight is 322 g/mol. The molecule has 98 valence electrons. The number of pyridine rings is 1. The number of esters is 1. The number of ether oxygens (including phenoxy) is 1. The maximum atomic E-state index is 12.4. The molecule has 1 aromatic carbocycles. The normalized spacial score (nSPS) is 10.3. The smallest absolute Gasteiger partial charge is 0.343 e. The molecule has 19 heavy (non-hydrogen) atoms. The number of hydrogen-bond acceptors (Lipinski definition) is 3. The van der Waals surface area contributed by atoms with Crippen LogP contribution in [0, 0.1) is 6.92 Å². The Morgan fingerprint density at radius 2 is 1.89 bits per heavy atom. The Kier molecular flexibility index (Phi) is 3.85. The van der Waals surface area contributed by atoms with Gasteiger partial charge in [0.05, 0.1) is 7.11 Å². The lowest BCUT2D eigenvalue weighted by Crippen LogP contribution is -2.27. The van der Waals surface area contributed by atoms with Crippen LogP contribution in [-0.4, -0.2) is 17.6 Å². The number of hydrogen-bond donors (Lipinski definition) is 0. The first-order chi connectivity index (χ1) is 9.06. The molecule has 0 fully saturated rings. The molecule has 0 N–H and O–H groups in total. The summed E-state index contributed by atoms with van der Waals surface area (Å²) in [6.07, 6.45) is 1.65. The maximum Gasteiger partial charge on any atom is 0.343 e. The first-order valence-electron chi connectivity index (χ1n) is 5.61. The van der Waals surface area contributed by atoms with E-state index >= 15 is 0 Å². The standard InChI is InChI=1S/C14H12BrNO3/c1-9-11(15)8-16(10-6-4-3-5-7-10)13(17)12(9)14(18)19-2/h3-8H,1-2H3. The highest BCUT2D eigenvalue weighted by Gasteiger charge is 2.19. The van der Waals surface area contributed by atoms with Crippen LogP contribution >= 0.6 is 15.9 Å². The van der Waals surface area contributed by atoms with Gasteiger partial charge in [-0.1, -0.05) is 18.2 Å². The molecule has 1 aromatic heterocycles. The van der Waals surface area contributed by atoms with Gasteiger partial charge in [0.1, 0.15) is 5.56 Å². The van der Waals surface area contributed by atoms with E-state index in [9.17, 15) is 9.59 Å². The fraction of sp³-hybridized carbons (Fsp3) is 0.143. The molecule has 2 aromatic rings. The minimum Gasteiger partial charge on any atom is -0.465 e. The topological polar surface area (TPSA) is 48.3 Å². The van der Waals surface area contributed by atoms with E-state index in [1.807, 2.05) is 18.2 Å². The Balaban J connectivity index is 2.75. The zero-order chi connectivity index (χ0) is 14.0. The fourth-order valence-corrected chi connectivity index (χ4v) is 2.19. The van der Waals surface area contributed by atoms with Crippen molar-refractivity contribution in [3.8, 4) is 5.69 Å². The van der Waals surface area contributed by atoms with Gasteiger partial charge in [0.15, 0.2) is 0 Å². The van der Waals surface area contributed by atoms with E-state index in [1.165, 1.54) is 11.7 Å². The van der Waals surface area contributed by atoms with Crippen molar-refractivity contribution in [1.29, 1.82) is 0 Å². The predicted molar refractivity (Wildman–Crippen MR) is 75.8 cm³/mol. The van der Waals surface area contributed by atoms with Gasteiger partial charge in [-0.05, 0) is 40.5 Å². The summed E-state index contributed by atoms with van der Waals surface area (Å²) in [5.41, 5.74) is 0.918. The molecule has 4 nitrogen and oxygen atoms in total. The Hall–Kier alpha value is -1.88. The van der Waals surface area contributed by atoms with E-state index in [-0.39, 0.29) is 5.56 Å². The van der Waals surface area contributed by atoms with E-state index < -0.39 is 11.5 Å². The Morgan fingerprint density at radius 1 is 1.26 bits per heavy atom. The first kappa shape index (κ1) is 13.5. The molecule has 0 saturated carbocycles. The van der Waals surface area contributed by atoms with E-state index in [1.54, 1.807) is 25.3 Å². The second-order valence-corrected chi connectivity index (χ2v) is 4.83. The molecule has 0 bridgehead atoms. The maximum absolute atomic E-state index is 12.4. The summed E-state index contributed by atoms with van der Waals surface area (Å²) in [5.74, 6) is -0.631. The van der Waals surface area contributed by atoms with Crippen LogP contribution in [0.15, 0.2) is 45.8 Å². The molecule has 0 spiro atoms. The summed E-state index contributed by atoms with van der Waals surface area (Å²) in [7, 11) is 1.26. The molecule has 1 heterocycles. The number of benzene rings is 1. The van der Waals surface area contributed by atoms with E-state index in [4.69, 9.17) is 0 Å². The van der Waals surface area contributed by atoms with Crippen LogP contribution in [0.5, 0.6) is 0 Å². The third-order valence-electron chi connectivity index (χ3n) is 2.83. The van der Waals surface area contributed by atoms with Crippen molar-refractivity contribution >= 4 is 21.9 Å². The summed E-state index contributed by atoms with van der Waals surface area (Å²) < 4.78 is 6.77. The highest BCUT2D eigenvalue weighted by molar-refractivity contribution is 9.10. The number of methoxy groups -OCH3 is 1. The van der Waals surface area contributed by atoms with E-state index in [0.29, 0.717) is 15.7 Å². The van der Waals surface area contributed by atoms with Crippen molar-refractivity contribution < 1.29 is 9.53 Å². The van der Waals surface area contributed by atoms with Crippen molar-refractivity contribution in [2.75, 3.05) is 7.11 Å². The van der Waals surface area contributed by atoms with Crippen LogP contribution in [0.3, 0.4) is 0 Å². The molecule has 0 saturated heterocycles. The monoisotopic (exact) mass is 321 g/mol. The zero-order valence-corrected chi connectivity index (χ0v) is 12.1. The van der Waals surface area contributed by atoms with Crippen LogP contribution in [-0.2, 0) is 4.74 Å². The average Bonchev–Trinajstić information content (AvgIpc) is 2.43. The number of nitrogens with zero attached hydrogens (tertiary/aromatic N) is 1. The van der Waals surface area contributed by atoms with Gasteiger partial charge in [0.2, 0.25) is 0 Å². The van der Waals surface area contributed by atoms with E-state index in [0.717, 1.165) is 0 Å². The lowest BCUT2D eigenvalue weighted by molar-refractivity contribution is 0.0597. The Bertz CT molecular complexity index is 677. The number of para-hydroxylation sites is 1. The van der Waals surface area contributed by atoms with Gasteiger partial charge in [0, 0.05) is 16.4 Å². The summed E-state index contributed by atoms with van der Waals surface area (Å²) in [6, 6.07) is 9.11. The number of halogens is 1. The second kappa shape index (κ2) is 5.40. The second-order valence-electron chi connectivity index (χ2n) is 3.98. The third-order valence-corrected chi connectivity index (χ3v) is 3.63. The summed E-state index contributed by atoms with van der Waals surface area (Å²) in [4.78, 5) is 24.1. The Labute approximate surface area is 118 Å². The van der Waals surface area contributed by atoms with Crippen LogP contribution < -0.4 is 5.56 Å². The largest absolute Gasteiger partial charge is 0.465 e. The highest BCUT2D eigenvalue weighted by atomic mass is 79.9. The highest BCUT2D eigenvalue weighted by Crippen LogP contribution is 2.19. The summed E-state index contributed by atoms with van der Waals surface area (Å²) in [5, 5.41) is 0. The minimum absolute atomic E-state index is 0.0423. The molecule has 0 unspecified atom stereocenters. The van der Waals surface area contributed by atoms with Gasteiger partial charge in [0.25, 0.3) is 5.56 Å². The Morgan fingerprint density at radius 3 is 2.47 bits per heavy atom. The molecule has 2 rings (SSSR count). The molecule has 0 atom stereocenters.